The van der Waals surface area contributed by atoms with Crippen LogP contribution in [0.25, 0.3) is 27.5 Å². The number of aromatic nitrogens is 2. The number of benzene rings is 3. The zero-order valence-electron chi connectivity index (χ0n) is 11.0. The molecule has 0 aliphatic carbocycles. The Labute approximate surface area is 131 Å². The van der Waals surface area contributed by atoms with Crippen molar-refractivity contribution in [2.45, 2.75) is 0 Å². The third kappa shape index (κ3) is 2.06. The van der Waals surface area contributed by atoms with Crippen LogP contribution in [0.3, 0.4) is 0 Å². The molecule has 0 aliphatic rings. The van der Waals surface area contributed by atoms with Crippen LogP contribution in [0.4, 0.5) is 0 Å². The Morgan fingerprint density at radius 3 is 2.57 bits per heavy atom. The van der Waals surface area contributed by atoms with Crippen molar-refractivity contribution >= 4 is 45.6 Å². The lowest BCUT2D eigenvalue weighted by atomic mass is 10.1. The number of H-pyrrole nitrogens is 1. The number of hydrogen-bond donors (Lipinski definition) is 1. The Morgan fingerprint density at radius 1 is 0.905 bits per heavy atom. The summed E-state index contributed by atoms with van der Waals surface area (Å²) in [4.78, 5) is 3.21. The number of imidazole rings is 1. The van der Waals surface area contributed by atoms with Crippen LogP contribution in [0.2, 0.25) is 5.02 Å². The number of aromatic amines is 1. The first-order chi connectivity index (χ1) is 10.2. The van der Waals surface area contributed by atoms with E-state index in [1.165, 1.54) is 10.8 Å². The minimum absolute atomic E-state index is 0.669. The van der Waals surface area contributed by atoms with Gasteiger partial charge in [0.15, 0.2) is 4.77 Å². The maximum absolute atomic E-state index is 6.04. The zero-order valence-corrected chi connectivity index (χ0v) is 12.6. The second-order valence-electron chi connectivity index (χ2n) is 4.96. The van der Waals surface area contributed by atoms with Gasteiger partial charge in [-0.15, -0.1) is 0 Å². The molecule has 4 aromatic rings. The standard InChI is InChI=1S/C17H11ClN2S/c18-13-6-8-16-15(10-13)19-17(21)20(16)14-7-5-11-3-1-2-4-12(11)9-14/h1-10H,(H,19,21). The van der Waals surface area contributed by atoms with Crippen LogP contribution in [-0.2, 0) is 0 Å². The smallest absolute Gasteiger partial charge is 0.182 e. The van der Waals surface area contributed by atoms with Crippen molar-refractivity contribution < 1.29 is 0 Å². The molecule has 0 bridgehead atoms. The first kappa shape index (κ1) is 12.6. The minimum atomic E-state index is 0.669. The monoisotopic (exact) mass is 310 g/mol. The molecule has 1 heterocycles. The van der Waals surface area contributed by atoms with Crippen molar-refractivity contribution in [2.75, 3.05) is 0 Å². The summed E-state index contributed by atoms with van der Waals surface area (Å²) in [7, 11) is 0. The van der Waals surface area contributed by atoms with Crippen LogP contribution >= 0.6 is 23.8 Å². The number of fused-ring (bicyclic) bond motifs is 2. The van der Waals surface area contributed by atoms with Gasteiger partial charge in [-0.3, -0.25) is 4.57 Å². The van der Waals surface area contributed by atoms with Gasteiger partial charge in [0.1, 0.15) is 0 Å². The SMILES string of the molecule is S=c1[nH]c2cc(Cl)ccc2n1-c1ccc2ccccc2c1. The Bertz CT molecular complexity index is 1030. The fourth-order valence-electron chi connectivity index (χ4n) is 2.66. The Kier molecular flexibility index (Phi) is 2.84. The van der Waals surface area contributed by atoms with Crippen LogP contribution in [0.1, 0.15) is 0 Å². The molecule has 0 aliphatic heterocycles. The number of nitrogens with one attached hydrogen (secondary N) is 1. The third-order valence-electron chi connectivity index (χ3n) is 3.64. The van der Waals surface area contributed by atoms with E-state index in [-0.39, 0.29) is 0 Å². The Balaban J connectivity index is 2.03. The molecule has 0 fully saturated rings. The molecule has 3 aromatic carbocycles. The average molecular weight is 311 g/mol. The van der Waals surface area contributed by atoms with Crippen molar-refractivity contribution in [2.24, 2.45) is 0 Å². The van der Waals surface area contributed by atoms with E-state index in [1.807, 2.05) is 34.9 Å². The molecular weight excluding hydrogens is 300 g/mol. The largest absolute Gasteiger partial charge is 0.330 e. The van der Waals surface area contributed by atoms with Gasteiger partial charge in [0.05, 0.1) is 11.0 Å². The van der Waals surface area contributed by atoms with E-state index in [2.05, 4.69) is 35.3 Å². The summed E-state index contributed by atoms with van der Waals surface area (Å²) in [6.07, 6.45) is 0. The van der Waals surface area contributed by atoms with Crippen molar-refractivity contribution in [3.63, 3.8) is 0 Å². The molecule has 2 nitrogen and oxygen atoms in total. The maximum atomic E-state index is 6.04. The van der Waals surface area contributed by atoms with Gasteiger partial charge in [0.25, 0.3) is 0 Å². The molecule has 102 valence electrons. The van der Waals surface area contributed by atoms with Gasteiger partial charge in [-0.2, -0.15) is 0 Å². The fraction of sp³-hybridized carbons (Fsp3) is 0. The highest BCUT2D eigenvalue weighted by Gasteiger charge is 2.07. The summed E-state index contributed by atoms with van der Waals surface area (Å²) >= 11 is 11.5. The maximum Gasteiger partial charge on any atom is 0.182 e. The summed E-state index contributed by atoms with van der Waals surface area (Å²) in [6.45, 7) is 0. The van der Waals surface area contributed by atoms with Crippen LogP contribution in [0.5, 0.6) is 0 Å². The van der Waals surface area contributed by atoms with Crippen LogP contribution in [-0.4, -0.2) is 9.55 Å². The molecular formula is C17H11ClN2S. The van der Waals surface area contributed by atoms with Gasteiger partial charge in [0, 0.05) is 10.7 Å². The van der Waals surface area contributed by atoms with E-state index in [9.17, 15) is 0 Å². The first-order valence-electron chi connectivity index (χ1n) is 6.62. The van der Waals surface area contributed by atoms with Gasteiger partial charge in [-0.25, -0.2) is 0 Å². The first-order valence-corrected chi connectivity index (χ1v) is 7.40. The molecule has 0 amide bonds. The molecule has 0 atom stereocenters. The number of hydrogen-bond acceptors (Lipinski definition) is 1. The van der Waals surface area contributed by atoms with Crippen molar-refractivity contribution in [1.29, 1.82) is 0 Å². The van der Waals surface area contributed by atoms with Crippen molar-refractivity contribution in [3.05, 3.63) is 70.5 Å². The highest BCUT2D eigenvalue weighted by Crippen LogP contribution is 2.25. The van der Waals surface area contributed by atoms with E-state index >= 15 is 0 Å². The average Bonchev–Trinajstić information content (AvgIpc) is 2.81. The molecule has 4 rings (SSSR count). The molecule has 21 heavy (non-hydrogen) atoms. The fourth-order valence-corrected chi connectivity index (χ4v) is 3.14. The number of rotatable bonds is 1. The predicted molar refractivity (Wildman–Crippen MR) is 91.0 cm³/mol. The Morgan fingerprint density at radius 2 is 1.71 bits per heavy atom. The highest BCUT2D eigenvalue weighted by molar-refractivity contribution is 7.71. The topological polar surface area (TPSA) is 20.7 Å². The van der Waals surface area contributed by atoms with Crippen LogP contribution in [0, 0.1) is 4.77 Å². The lowest BCUT2D eigenvalue weighted by Crippen LogP contribution is -1.93. The van der Waals surface area contributed by atoms with E-state index in [1.54, 1.807) is 0 Å². The predicted octanol–water partition coefficient (Wildman–Crippen LogP) is 5.49. The normalized spacial score (nSPS) is 11.3. The molecule has 4 heteroatoms. The second-order valence-corrected chi connectivity index (χ2v) is 5.78. The van der Waals surface area contributed by atoms with E-state index in [0.717, 1.165) is 16.7 Å². The van der Waals surface area contributed by atoms with Crippen LogP contribution in [0.15, 0.2) is 60.7 Å². The third-order valence-corrected chi connectivity index (χ3v) is 4.16. The summed E-state index contributed by atoms with van der Waals surface area (Å²) < 4.78 is 2.70. The van der Waals surface area contributed by atoms with Gasteiger partial charge >= 0.3 is 0 Å². The van der Waals surface area contributed by atoms with Gasteiger partial charge in [0.2, 0.25) is 0 Å². The minimum Gasteiger partial charge on any atom is -0.330 e. The number of nitrogens with zero attached hydrogens (tertiary/aromatic N) is 1. The van der Waals surface area contributed by atoms with Crippen molar-refractivity contribution in [3.8, 4) is 5.69 Å². The molecule has 0 saturated heterocycles. The van der Waals surface area contributed by atoms with Crippen molar-refractivity contribution in [1.82, 2.24) is 9.55 Å². The summed E-state index contributed by atoms with van der Waals surface area (Å²) in [6, 6.07) is 20.4. The number of halogens is 1. The quantitative estimate of drug-likeness (QED) is 0.461. The van der Waals surface area contributed by atoms with E-state index in [0.29, 0.717) is 9.79 Å². The molecule has 1 aromatic heterocycles. The van der Waals surface area contributed by atoms with E-state index < -0.39 is 0 Å². The van der Waals surface area contributed by atoms with E-state index in [4.69, 9.17) is 23.8 Å². The van der Waals surface area contributed by atoms with Gasteiger partial charge in [-0.05, 0) is 53.3 Å². The van der Waals surface area contributed by atoms with Gasteiger partial charge < -0.3 is 4.98 Å². The Hall–Kier alpha value is -2.10. The molecule has 0 radical (unpaired) electrons. The molecule has 1 N–H and O–H groups in total. The summed E-state index contributed by atoms with van der Waals surface area (Å²) in [5, 5.41) is 3.11. The molecule has 0 unspecified atom stereocenters. The lowest BCUT2D eigenvalue weighted by Gasteiger charge is -2.06. The van der Waals surface area contributed by atoms with Crippen LogP contribution < -0.4 is 0 Å². The van der Waals surface area contributed by atoms with Gasteiger partial charge in [-0.1, -0.05) is 41.9 Å². The zero-order chi connectivity index (χ0) is 14.4. The lowest BCUT2D eigenvalue weighted by molar-refractivity contribution is 1.07. The summed E-state index contributed by atoms with van der Waals surface area (Å²) in [5.74, 6) is 0. The second kappa shape index (κ2) is 4.72. The highest BCUT2D eigenvalue weighted by atomic mass is 35.5. The molecule has 0 spiro atoms. The summed E-state index contributed by atoms with van der Waals surface area (Å²) in [5.41, 5.74) is 3.02. The molecule has 0 saturated carbocycles.